The molecule has 110 valence electrons. The molecule has 0 radical (unpaired) electrons. The zero-order valence-corrected chi connectivity index (χ0v) is 12.0. The second-order valence-electron chi connectivity index (χ2n) is 4.71. The number of amides is 1. The van der Waals surface area contributed by atoms with Gasteiger partial charge in [0.25, 0.3) is 0 Å². The number of nitrogens with zero attached hydrogens (tertiary/aromatic N) is 1. The SMILES string of the molecule is CCOc1cc(C)ncc1-c1ccc(CC(N)=O)cc1F. The summed E-state index contributed by atoms with van der Waals surface area (Å²) in [5, 5.41) is 0. The number of pyridine rings is 1. The third-order valence-electron chi connectivity index (χ3n) is 3.00. The Morgan fingerprint density at radius 2 is 2.10 bits per heavy atom. The van der Waals surface area contributed by atoms with Crippen molar-refractivity contribution in [3.63, 3.8) is 0 Å². The number of halogens is 1. The second kappa shape index (κ2) is 6.35. The topological polar surface area (TPSA) is 65.2 Å². The van der Waals surface area contributed by atoms with Crippen molar-refractivity contribution >= 4 is 5.91 Å². The van der Waals surface area contributed by atoms with Crippen LogP contribution in [0.5, 0.6) is 5.75 Å². The molecule has 0 bridgehead atoms. The number of carbonyl (C=O) groups is 1. The van der Waals surface area contributed by atoms with Gasteiger partial charge in [0.05, 0.1) is 13.0 Å². The Kier molecular flexibility index (Phi) is 4.52. The molecule has 5 heteroatoms. The Morgan fingerprint density at radius 3 is 2.71 bits per heavy atom. The fourth-order valence-corrected chi connectivity index (χ4v) is 2.10. The first-order valence-corrected chi connectivity index (χ1v) is 6.67. The molecule has 1 heterocycles. The van der Waals surface area contributed by atoms with Gasteiger partial charge < -0.3 is 10.5 Å². The second-order valence-corrected chi connectivity index (χ2v) is 4.71. The Morgan fingerprint density at radius 1 is 1.33 bits per heavy atom. The maximum Gasteiger partial charge on any atom is 0.221 e. The first kappa shape index (κ1) is 15.0. The minimum Gasteiger partial charge on any atom is -0.493 e. The van der Waals surface area contributed by atoms with E-state index in [0.29, 0.717) is 29.0 Å². The Bertz CT molecular complexity index is 671. The van der Waals surface area contributed by atoms with Crippen molar-refractivity contribution in [2.24, 2.45) is 5.73 Å². The predicted octanol–water partition coefficient (Wildman–Crippen LogP) is 2.62. The van der Waals surface area contributed by atoms with Crippen LogP contribution in [0.2, 0.25) is 0 Å². The molecule has 0 saturated carbocycles. The van der Waals surface area contributed by atoms with Gasteiger partial charge in [-0.25, -0.2) is 4.39 Å². The molecule has 0 spiro atoms. The zero-order valence-electron chi connectivity index (χ0n) is 12.0. The lowest BCUT2D eigenvalue weighted by Gasteiger charge is -2.12. The molecule has 0 atom stereocenters. The highest BCUT2D eigenvalue weighted by Gasteiger charge is 2.13. The summed E-state index contributed by atoms with van der Waals surface area (Å²) in [5.41, 5.74) is 7.43. The highest BCUT2D eigenvalue weighted by molar-refractivity contribution is 5.77. The van der Waals surface area contributed by atoms with E-state index in [0.717, 1.165) is 5.69 Å². The van der Waals surface area contributed by atoms with Crippen LogP contribution >= 0.6 is 0 Å². The number of primary amides is 1. The van der Waals surface area contributed by atoms with Crippen LogP contribution in [0, 0.1) is 12.7 Å². The first-order chi connectivity index (χ1) is 10.0. The van der Waals surface area contributed by atoms with Gasteiger partial charge in [0.2, 0.25) is 5.91 Å². The van der Waals surface area contributed by atoms with Gasteiger partial charge in [-0.1, -0.05) is 12.1 Å². The number of aryl methyl sites for hydroxylation is 1. The standard InChI is InChI=1S/C16H17FN2O2/c1-3-21-15-6-10(2)19-9-13(15)12-5-4-11(7-14(12)17)8-16(18)20/h4-7,9H,3,8H2,1-2H3,(H2,18,20). The number of carbonyl (C=O) groups excluding carboxylic acids is 1. The van der Waals surface area contributed by atoms with Crippen LogP contribution in [-0.2, 0) is 11.2 Å². The Balaban J connectivity index is 2.44. The highest BCUT2D eigenvalue weighted by Crippen LogP contribution is 2.32. The van der Waals surface area contributed by atoms with Crippen LogP contribution in [0.1, 0.15) is 18.2 Å². The molecule has 2 rings (SSSR count). The van der Waals surface area contributed by atoms with E-state index in [4.69, 9.17) is 10.5 Å². The largest absolute Gasteiger partial charge is 0.493 e. The molecule has 1 amide bonds. The van der Waals surface area contributed by atoms with E-state index >= 15 is 0 Å². The normalized spacial score (nSPS) is 10.4. The number of hydrogen-bond acceptors (Lipinski definition) is 3. The zero-order chi connectivity index (χ0) is 15.4. The van der Waals surface area contributed by atoms with E-state index in [1.807, 2.05) is 13.8 Å². The third-order valence-corrected chi connectivity index (χ3v) is 3.00. The van der Waals surface area contributed by atoms with Crippen LogP contribution in [0.3, 0.4) is 0 Å². The lowest BCUT2D eigenvalue weighted by molar-refractivity contribution is -0.117. The molecule has 0 aliphatic carbocycles. The van der Waals surface area contributed by atoms with Gasteiger partial charge in [0.15, 0.2) is 0 Å². The number of benzene rings is 1. The molecular weight excluding hydrogens is 271 g/mol. The fourth-order valence-electron chi connectivity index (χ4n) is 2.10. The molecule has 1 aromatic heterocycles. The average Bonchev–Trinajstić information content (AvgIpc) is 2.40. The van der Waals surface area contributed by atoms with Crippen molar-refractivity contribution in [1.29, 1.82) is 0 Å². The van der Waals surface area contributed by atoms with E-state index in [1.54, 1.807) is 24.4 Å². The first-order valence-electron chi connectivity index (χ1n) is 6.67. The minimum absolute atomic E-state index is 0.0155. The van der Waals surface area contributed by atoms with E-state index in [9.17, 15) is 9.18 Å². The van der Waals surface area contributed by atoms with Crippen LogP contribution in [0.25, 0.3) is 11.1 Å². The summed E-state index contributed by atoms with van der Waals surface area (Å²) in [5.74, 6) is -0.332. The molecule has 0 aliphatic rings. The molecule has 2 aromatic rings. The van der Waals surface area contributed by atoms with Crippen molar-refractivity contribution in [2.75, 3.05) is 6.61 Å². The van der Waals surface area contributed by atoms with Crippen molar-refractivity contribution in [3.05, 3.63) is 47.5 Å². The Labute approximate surface area is 122 Å². The smallest absolute Gasteiger partial charge is 0.221 e. The molecule has 0 unspecified atom stereocenters. The minimum atomic E-state index is -0.492. The summed E-state index contributed by atoms with van der Waals surface area (Å²) in [6.45, 7) is 4.20. The lowest BCUT2D eigenvalue weighted by atomic mass is 10.0. The van der Waals surface area contributed by atoms with Crippen LogP contribution in [0.15, 0.2) is 30.5 Å². The summed E-state index contributed by atoms with van der Waals surface area (Å²) in [4.78, 5) is 15.1. The number of rotatable bonds is 5. The summed E-state index contributed by atoms with van der Waals surface area (Å²) in [6, 6.07) is 6.38. The summed E-state index contributed by atoms with van der Waals surface area (Å²) in [7, 11) is 0. The van der Waals surface area contributed by atoms with E-state index < -0.39 is 11.7 Å². The van der Waals surface area contributed by atoms with Crippen molar-refractivity contribution < 1.29 is 13.9 Å². The van der Waals surface area contributed by atoms with Crippen molar-refractivity contribution in [2.45, 2.75) is 20.3 Å². The van der Waals surface area contributed by atoms with Gasteiger partial charge >= 0.3 is 0 Å². The maximum atomic E-state index is 14.3. The van der Waals surface area contributed by atoms with Gasteiger partial charge in [0.1, 0.15) is 11.6 Å². The molecule has 0 saturated heterocycles. The Hall–Kier alpha value is -2.43. The molecule has 21 heavy (non-hydrogen) atoms. The highest BCUT2D eigenvalue weighted by atomic mass is 19.1. The molecule has 0 fully saturated rings. The van der Waals surface area contributed by atoms with Gasteiger partial charge in [-0.3, -0.25) is 9.78 Å². The molecule has 4 nitrogen and oxygen atoms in total. The average molecular weight is 288 g/mol. The van der Waals surface area contributed by atoms with Crippen molar-refractivity contribution in [3.8, 4) is 16.9 Å². The lowest BCUT2D eigenvalue weighted by Crippen LogP contribution is -2.13. The molecular formula is C16H17FN2O2. The van der Waals surface area contributed by atoms with Crippen molar-refractivity contribution in [1.82, 2.24) is 4.98 Å². The molecule has 1 aromatic carbocycles. The number of aromatic nitrogens is 1. The predicted molar refractivity (Wildman–Crippen MR) is 78.4 cm³/mol. The molecule has 0 aliphatic heterocycles. The number of ether oxygens (including phenoxy) is 1. The number of hydrogen-bond donors (Lipinski definition) is 1. The summed E-state index contributed by atoms with van der Waals surface area (Å²) < 4.78 is 19.8. The molecule has 2 N–H and O–H groups in total. The van der Waals surface area contributed by atoms with Crippen LogP contribution < -0.4 is 10.5 Å². The van der Waals surface area contributed by atoms with Gasteiger partial charge in [0, 0.05) is 29.1 Å². The summed E-state index contributed by atoms with van der Waals surface area (Å²) in [6.07, 6.45) is 1.61. The maximum absolute atomic E-state index is 14.3. The number of nitrogens with two attached hydrogens (primary N) is 1. The van der Waals surface area contributed by atoms with E-state index in [1.165, 1.54) is 6.07 Å². The van der Waals surface area contributed by atoms with Gasteiger partial charge in [-0.15, -0.1) is 0 Å². The van der Waals surface area contributed by atoms with E-state index in [2.05, 4.69) is 4.98 Å². The van der Waals surface area contributed by atoms with E-state index in [-0.39, 0.29) is 6.42 Å². The quantitative estimate of drug-likeness (QED) is 0.919. The van der Waals surface area contributed by atoms with Gasteiger partial charge in [-0.2, -0.15) is 0 Å². The fraction of sp³-hybridized carbons (Fsp3) is 0.250. The van der Waals surface area contributed by atoms with Crippen LogP contribution in [0.4, 0.5) is 4.39 Å². The third kappa shape index (κ3) is 3.56. The monoisotopic (exact) mass is 288 g/mol. The van der Waals surface area contributed by atoms with Crippen LogP contribution in [-0.4, -0.2) is 17.5 Å². The summed E-state index contributed by atoms with van der Waals surface area (Å²) >= 11 is 0. The van der Waals surface area contributed by atoms with Gasteiger partial charge in [-0.05, 0) is 25.5 Å².